The molecule has 0 aliphatic carbocycles. The number of carboxylic acids is 1. The number of amides is 1. The molecule has 0 aliphatic heterocycles. The van der Waals surface area contributed by atoms with Gasteiger partial charge in [0.2, 0.25) is 5.91 Å². The van der Waals surface area contributed by atoms with Gasteiger partial charge in [0.05, 0.1) is 6.42 Å². The molecule has 0 radical (unpaired) electrons. The molecule has 2 rings (SSSR count). The number of hydrogen-bond donors (Lipinski definition) is 2. The third-order valence-corrected chi connectivity index (χ3v) is 3.50. The summed E-state index contributed by atoms with van der Waals surface area (Å²) in [5, 5.41) is 14.8. The number of carboxylic acid groups (broad SMARTS) is 1. The summed E-state index contributed by atoms with van der Waals surface area (Å²) in [7, 11) is 0. The van der Waals surface area contributed by atoms with Gasteiger partial charge < -0.3 is 10.4 Å². The van der Waals surface area contributed by atoms with Crippen LogP contribution in [0.3, 0.4) is 0 Å². The van der Waals surface area contributed by atoms with Crippen molar-refractivity contribution in [3.8, 4) is 0 Å². The second-order valence-corrected chi connectivity index (χ2v) is 5.09. The first kappa shape index (κ1) is 15.1. The van der Waals surface area contributed by atoms with Gasteiger partial charge in [-0.15, -0.1) is 0 Å². The van der Waals surface area contributed by atoms with Crippen LogP contribution in [-0.2, 0) is 16.0 Å². The maximum absolute atomic E-state index is 13.6. The Labute approximate surface area is 123 Å². The van der Waals surface area contributed by atoms with Crippen molar-refractivity contribution in [2.75, 3.05) is 0 Å². The lowest BCUT2D eigenvalue weighted by atomic mass is 10.1. The number of carbonyl (C=O) groups is 2. The number of benzene rings is 1. The van der Waals surface area contributed by atoms with Gasteiger partial charge in [0, 0.05) is 5.56 Å². The Morgan fingerprint density at radius 3 is 2.67 bits per heavy atom. The highest BCUT2D eigenvalue weighted by Gasteiger charge is 2.25. The summed E-state index contributed by atoms with van der Waals surface area (Å²) in [5.41, 5.74) is 0.308. The minimum Gasteiger partial charge on any atom is -0.479 e. The summed E-state index contributed by atoms with van der Waals surface area (Å²) in [6.45, 7) is 0. The lowest BCUT2D eigenvalue weighted by molar-refractivity contribution is -0.142. The van der Waals surface area contributed by atoms with Crippen molar-refractivity contribution < 1.29 is 23.5 Å². The maximum atomic E-state index is 13.6. The predicted octanol–water partition coefficient (Wildman–Crippen LogP) is 2.51. The second kappa shape index (κ2) is 6.45. The summed E-state index contributed by atoms with van der Waals surface area (Å²) >= 11 is 1.40. The lowest BCUT2D eigenvalue weighted by Crippen LogP contribution is -2.35. The molecule has 7 heteroatoms. The standard InChI is InChI=1S/C14H11F2NO3S/c15-9-1-2-11(16)10(6-9)13(14(19)20)17-12(18)5-8-3-4-21-7-8/h1-4,6-7,13H,5H2,(H,17,18)(H,19,20). The zero-order chi connectivity index (χ0) is 15.4. The van der Waals surface area contributed by atoms with E-state index in [2.05, 4.69) is 5.32 Å². The van der Waals surface area contributed by atoms with Gasteiger partial charge in [-0.05, 0) is 40.6 Å². The normalized spacial score (nSPS) is 11.9. The molecule has 1 heterocycles. The minimum absolute atomic E-state index is 0.0236. The first-order valence-corrected chi connectivity index (χ1v) is 6.90. The Kier molecular flexibility index (Phi) is 4.64. The number of halogens is 2. The van der Waals surface area contributed by atoms with E-state index >= 15 is 0 Å². The smallest absolute Gasteiger partial charge is 0.331 e. The molecule has 21 heavy (non-hydrogen) atoms. The Hall–Kier alpha value is -2.28. The average Bonchev–Trinajstić information content (AvgIpc) is 2.91. The average molecular weight is 311 g/mol. The Morgan fingerprint density at radius 2 is 2.05 bits per heavy atom. The first-order valence-electron chi connectivity index (χ1n) is 5.95. The molecule has 1 aromatic heterocycles. The SMILES string of the molecule is O=C(Cc1ccsc1)NC(C(=O)O)c1cc(F)ccc1F. The zero-order valence-corrected chi connectivity index (χ0v) is 11.5. The van der Waals surface area contributed by atoms with Gasteiger partial charge in [0.15, 0.2) is 6.04 Å². The molecule has 0 saturated heterocycles. The van der Waals surface area contributed by atoms with Gasteiger partial charge >= 0.3 is 5.97 Å². The van der Waals surface area contributed by atoms with Crippen molar-refractivity contribution >= 4 is 23.2 Å². The molecule has 2 N–H and O–H groups in total. The molecule has 0 bridgehead atoms. The van der Waals surface area contributed by atoms with Crippen molar-refractivity contribution in [2.24, 2.45) is 0 Å². The molecule has 1 atom stereocenters. The molecule has 1 unspecified atom stereocenters. The molecular weight excluding hydrogens is 300 g/mol. The number of nitrogens with one attached hydrogen (secondary N) is 1. The number of rotatable bonds is 5. The highest BCUT2D eigenvalue weighted by atomic mass is 32.1. The Morgan fingerprint density at radius 1 is 1.29 bits per heavy atom. The van der Waals surface area contributed by atoms with Crippen LogP contribution in [0.2, 0.25) is 0 Å². The van der Waals surface area contributed by atoms with Gasteiger partial charge in [-0.2, -0.15) is 11.3 Å². The highest BCUT2D eigenvalue weighted by Crippen LogP contribution is 2.19. The lowest BCUT2D eigenvalue weighted by Gasteiger charge is -2.15. The van der Waals surface area contributed by atoms with E-state index in [4.69, 9.17) is 5.11 Å². The van der Waals surface area contributed by atoms with Crippen LogP contribution in [-0.4, -0.2) is 17.0 Å². The van der Waals surface area contributed by atoms with Crippen LogP contribution >= 0.6 is 11.3 Å². The zero-order valence-electron chi connectivity index (χ0n) is 10.7. The van der Waals surface area contributed by atoms with Gasteiger partial charge in [-0.25, -0.2) is 13.6 Å². The largest absolute Gasteiger partial charge is 0.479 e. The molecule has 110 valence electrons. The van der Waals surface area contributed by atoms with Crippen molar-refractivity contribution in [3.05, 3.63) is 57.8 Å². The van der Waals surface area contributed by atoms with Crippen LogP contribution in [0.4, 0.5) is 8.78 Å². The number of aliphatic carboxylic acids is 1. The molecule has 2 aromatic rings. The summed E-state index contributed by atoms with van der Waals surface area (Å²) in [6.07, 6.45) is -0.0236. The van der Waals surface area contributed by atoms with Crippen molar-refractivity contribution in [2.45, 2.75) is 12.5 Å². The molecule has 1 aromatic carbocycles. The van der Waals surface area contributed by atoms with Crippen molar-refractivity contribution in [1.82, 2.24) is 5.32 Å². The minimum atomic E-state index is -1.63. The van der Waals surface area contributed by atoms with E-state index in [1.54, 1.807) is 16.8 Å². The number of thiophene rings is 1. The van der Waals surface area contributed by atoms with E-state index in [0.717, 1.165) is 23.8 Å². The monoisotopic (exact) mass is 311 g/mol. The maximum Gasteiger partial charge on any atom is 0.331 e. The molecule has 1 amide bonds. The molecule has 0 aliphatic rings. The Bertz CT molecular complexity index is 658. The third kappa shape index (κ3) is 3.85. The van der Waals surface area contributed by atoms with Crippen LogP contribution in [0.1, 0.15) is 17.2 Å². The van der Waals surface area contributed by atoms with E-state index in [9.17, 15) is 18.4 Å². The highest BCUT2D eigenvalue weighted by molar-refractivity contribution is 7.07. The summed E-state index contributed by atoms with van der Waals surface area (Å²) < 4.78 is 26.8. The molecule has 0 fully saturated rings. The fourth-order valence-corrected chi connectivity index (χ4v) is 2.47. The van der Waals surface area contributed by atoms with Crippen molar-refractivity contribution in [3.63, 3.8) is 0 Å². The van der Waals surface area contributed by atoms with Crippen LogP contribution in [0.5, 0.6) is 0 Å². The van der Waals surface area contributed by atoms with E-state index in [-0.39, 0.29) is 6.42 Å². The van der Waals surface area contributed by atoms with Crippen LogP contribution < -0.4 is 5.32 Å². The van der Waals surface area contributed by atoms with Crippen LogP contribution in [0.25, 0.3) is 0 Å². The molecule has 0 saturated carbocycles. The van der Waals surface area contributed by atoms with Gasteiger partial charge in [0.1, 0.15) is 11.6 Å². The van der Waals surface area contributed by atoms with Gasteiger partial charge in [-0.3, -0.25) is 4.79 Å². The fourth-order valence-electron chi connectivity index (χ4n) is 1.80. The van der Waals surface area contributed by atoms with Gasteiger partial charge in [0.25, 0.3) is 0 Å². The van der Waals surface area contributed by atoms with Crippen LogP contribution in [0, 0.1) is 11.6 Å². The molecule has 0 spiro atoms. The van der Waals surface area contributed by atoms with Crippen molar-refractivity contribution in [1.29, 1.82) is 0 Å². The van der Waals surface area contributed by atoms with E-state index in [0.29, 0.717) is 0 Å². The van der Waals surface area contributed by atoms with Crippen LogP contribution in [0.15, 0.2) is 35.0 Å². The van der Waals surface area contributed by atoms with Gasteiger partial charge in [-0.1, -0.05) is 0 Å². The summed E-state index contributed by atoms with van der Waals surface area (Å²) in [6, 6.07) is 2.56. The quantitative estimate of drug-likeness (QED) is 0.891. The summed E-state index contributed by atoms with van der Waals surface area (Å²) in [5.74, 6) is -3.70. The van der Waals surface area contributed by atoms with E-state index < -0.39 is 35.1 Å². The second-order valence-electron chi connectivity index (χ2n) is 4.31. The topological polar surface area (TPSA) is 66.4 Å². The molecule has 4 nitrogen and oxygen atoms in total. The van der Waals surface area contributed by atoms with E-state index in [1.165, 1.54) is 11.3 Å². The summed E-state index contributed by atoms with van der Waals surface area (Å²) in [4.78, 5) is 23.0. The molecular formula is C14H11F2NO3S. The van der Waals surface area contributed by atoms with E-state index in [1.807, 2.05) is 0 Å². The fraction of sp³-hybridized carbons (Fsp3) is 0.143. The number of hydrogen-bond acceptors (Lipinski definition) is 3. The third-order valence-electron chi connectivity index (χ3n) is 2.77. The number of carbonyl (C=O) groups excluding carboxylic acids is 1. The predicted molar refractivity (Wildman–Crippen MR) is 72.9 cm³/mol. The first-order chi connectivity index (χ1) is 9.97. The Balaban J connectivity index is 2.17.